The number of nitrogens with zero attached hydrogens (tertiary/aromatic N) is 4. The van der Waals surface area contributed by atoms with Crippen LogP contribution in [0.15, 0.2) is 107 Å². The highest BCUT2D eigenvalue weighted by atomic mass is 32.2. The molecule has 0 saturated carbocycles. The predicted molar refractivity (Wildman–Crippen MR) is 162 cm³/mol. The van der Waals surface area contributed by atoms with Gasteiger partial charge in [0.25, 0.3) is 5.56 Å². The van der Waals surface area contributed by atoms with Crippen molar-refractivity contribution in [2.45, 2.75) is 24.3 Å². The minimum atomic E-state index is -0.397. The molecule has 3 aromatic carbocycles. The van der Waals surface area contributed by atoms with E-state index in [-0.39, 0.29) is 11.4 Å². The smallest absolute Gasteiger partial charge is 0.270 e. The van der Waals surface area contributed by atoms with Gasteiger partial charge in [0, 0.05) is 11.1 Å². The van der Waals surface area contributed by atoms with E-state index in [0.29, 0.717) is 21.8 Å². The number of rotatable bonds is 4. The molecule has 1 aliphatic rings. The fourth-order valence-electron chi connectivity index (χ4n) is 4.74. The molecule has 0 saturated heterocycles. The predicted octanol–water partition coefficient (Wildman–Crippen LogP) is 6.58. The summed E-state index contributed by atoms with van der Waals surface area (Å²) in [6.45, 7) is 4.06. The van der Waals surface area contributed by atoms with Crippen molar-refractivity contribution < 1.29 is 0 Å². The van der Waals surface area contributed by atoms with Crippen molar-refractivity contribution in [2.24, 2.45) is 5.73 Å². The van der Waals surface area contributed by atoms with Gasteiger partial charge in [-0.15, -0.1) is 0 Å². The van der Waals surface area contributed by atoms with Crippen molar-refractivity contribution in [1.29, 1.82) is 5.26 Å². The van der Waals surface area contributed by atoms with Crippen LogP contribution in [0.1, 0.15) is 16.7 Å². The summed E-state index contributed by atoms with van der Waals surface area (Å²) < 4.78 is 1.35. The minimum Gasteiger partial charge on any atom is -0.384 e. The standard InChI is InChI=1S/C33H25N5OS/c1-20-8-13-23(14-9-20)25-18-27(24-15-10-21(2)11-16-24)36-31-29(25)32(39)38-30(35)26(19-34)28(40-33(38)37-31)17-12-22-6-4-3-5-7-22/h3-18,28H,35H2,1-2H3/b17-12+. The molecule has 0 radical (unpaired) electrons. The van der Waals surface area contributed by atoms with Gasteiger partial charge in [0.05, 0.1) is 21.9 Å². The maximum absolute atomic E-state index is 14.1. The van der Waals surface area contributed by atoms with Gasteiger partial charge in [-0.25, -0.2) is 14.5 Å². The maximum atomic E-state index is 14.1. The monoisotopic (exact) mass is 539 g/mol. The first-order valence-electron chi connectivity index (χ1n) is 12.8. The van der Waals surface area contributed by atoms with E-state index in [1.165, 1.54) is 16.3 Å². The van der Waals surface area contributed by atoms with Crippen LogP contribution in [0, 0.1) is 25.2 Å². The Morgan fingerprint density at radius 3 is 2.23 bits per heavy atom. The highest BCUT2D eigenvalue weighted by Gasteiger charge is 2.29. The third kappa shape index (κ3) is 4.59. The zero-order valence-electron chi connectivity index (χ0n) is 22.0. The summed E-state index contributed by atoms with van der Waals surface area (Å²) in [6, 6.07) is 30.1. The molecule has 2 aromatic heterocycles. The first-order valence-corrected chi connectivity index (χ1v) is 13.7. The molecular weight excluding hydrogens is 514 g/mol. The molecule has 1 aliphatic heterocycles. The van der Waals surface area contributed by atoms with E-state index < -0.39 is 5.25 Å². The Balaban J connectivity index is 1.58. The summed E-state index contributed by atoms with van der Waals surface area (Å²) in [5.74, 6) is 0.0934. The normalized spacial score (nSPS) is 14.9. The molecule has 6 nitrogen and oxygen atoms in total. The Morgan fingerprint density at radius 2 is 1.57 bits per heavy atom. The van der Waals surface area contributed by atoms with Crippen molar-refractivity contribution in [3.8, 4) is 28.5 Å². The molecule has 1 unspecified atom stereocenters. The quantitative estimate of drug-likeness (QED) is 0.259. The molecule has 0 bridgehead atoms. The van der Waals surface area contributed by atoms with Crippen molar-refractivity contribution in [1.82, 2.24) is 14.5 Å². The van der Waals surface area contributed by atoms with Crippen LogP contribution in [0.25, 0.3) is 45.3 Å². The van der Waals surface area contributed by atoms with Crippen LogP contribution in [0.2, 0.25) is 0 Å². The number of aryl methyl sites for hydroxylation is 2. The molecule has 5 aromatic rings. The Labute approximate surface area is 236 Å². The van der Waals surface area contributed by atoms with Crippen LogP contribution < -0.4 is 11.3 Å². The van der Waals surface area contributed by atoms with Crippen molar-refractivity contribution in [2.75, 3.05) is 0 Å². The topological polar surface area (TPSA) is 97.6 Å². The van der Waals surface area contributed by atoms with Crippen molar-refractivity contribution in [3.63, 3.8) is 0 Å². The molecule has 2 N–H and O–H groups in total. The van der Waals surface area contributed by atoms with Gasteiger partial charge in [0.15, 0.2) is 10.8 Å². The molecule has 194 valence electrons. The van der Waals surface area contributed by atoms with E-state index >= 15 is 0 Å². The number of hydrogen-bond donors (Lipinski definition) is 1. The Bertz CT molecular complexity index is 1920. The lowest BCUT2D eigenvalue weighted by atomic mass is 9.99. The van der Waals surface area contributed by atoms with Gasteiger partial charge in [0.2, 0.25) is 0 Å². The van der Waals surface area contributed by atoms with Crippen LogP contribution in [0.4, 0.5) is 0 Å². The lowest BCUT2D eigenvalue weighted by Gasteiger charge is -2.24. The van der Waals surface area contributed by atoms with E-state index in [2.05, 4.69) is 6.07 Å². The molecule has 40 heavy (non-hydrogen) atoms. The first kappa shape index (κ1) is 25.4. The van der Waals surface area contributed by atoms with Gasteiger partial charge in [0.1, 0.15) is 11.9 Å². The minimum absolute atomic E-state index is 0.0934. The van der Waals surface area contributed by atoms with Crippen LogP contribution in [0.5, 0.6) is 0 Å². The second-order valence-electron chi connectivity index (χ2n) is 9.74. The van der Waals surface area contributed by atoms with Gasteiger partial charge in [-0.3, -0.25) is 4.79 Å². The average Bonchev–Trinajstić information content (AvgIpc) is 2.96. The zero-order chi connectivity index (χ0) is 27.8. The average molecular weight is 540 g/mol. The summed E-state index contributed by atoms with van der Waals surface area (Å²) in [5.41, 5.74) is 13.3. The summed E-state index contributed by atoms with van der Waals surface area (Å²) in [7, 11) is 0. The number of benzene rings is 3. The third-order valence-electron chi connectivity index (χ3n) is 6.94. The van der Waals surface area contributed by atoms with Crippen LogP contribution >= 0.6 is 11.8 Å². The number of fused-ring (bicyclic) bond motifs is 2. The zero-order valence-corrected chi connectivity index (χ0v) is 22.8. The Kier molecular flexibility index (Phi) is 6.54. The molecule has 3 heterocycles. The first-order chi connectivity index (χ1) is 19.4. The van der Waals surface area contributed by atoms with Crippen LogP contribution in [0.3, 0.4) is 0 Å². The number of nitriles is 1. The van der Waals surface area contributed by atoms with E-state index in [1.54, 1.807) is 0 Å². The second kappa shape index (κ2) is 10.3. The van der Waals surface area contributed by atoms with E-state index in [0.717, 1.165) is 39.1 Å². The van der Waals surface area contributed by atoms with E-state index in [4.69, 9.17) is 15.7 Å². The molecule has 6 rings (SSSR count). The SMILES string of the molecule is Cc1ccc(-c2cc(-c3ccc(C)cc3)c3c(=O)n4c(nc3n2)SC(/C=C/c2ccccc2)C(C#N)=C4N)cc1. The molecule has 7 heteroatoms. The number of aromatic nitrogens is 3. The lowest BCUT2D eigenvalue weighted by molar-refractivity contribution is 0.803. The van der Waals surface area contributed by atoms with Gasteiger partial charge in [-0.2, -0.15) is 5.26 Å². The highest BCUT2D eigenvalue weighted by molar-refractivity contribution is 8.00. The molecule has 0 spiro atoms. The second-order valence-corrected chi connectivity index (χ2v) is 10.8. The number of pyridine rings is 1. The summed E-state index contributed by atoms with van der Waals surface area (Å²) in [6.07, 6.45) is 3.86. The molecule has 0 amide bonds. The fraction of sp³-hybridized carbons (Fsp3) is 0.0909. The molecule has 0 aliphatic carbocycles. The largest absolute Gasteiger partial charge is 0.384 e. The maximum Gasteiger partial charge on any atom is 0.270 e. The molecule has 0 fully saturated rings. The summed E-state index contributed by atoms with van der Waals surface area (Å²) in [4.78, 5) is 23.8. The molecule has 1 atom stereocenters. The van der Waals surface area contributed by atoms with Gasteiger partial charge in [-0.1, -0.05) is 114 Å². The third-order valence-corrected chi connectivity index (χ3v) is 8.07. The van der Waals surface area contributed by atoms with Crippen molar-refractivity contribution in [3.05, 3.63) is 124 Å². The Morgan fingerprint density at radius 1 is 0.925 bits per heavy atom. The number of hydrogen-bond acceptors (Lipinski definition) is 6. The van der Waals surface area contributed by atoms with Gasteiger partial charge < -0.3 is 5.73 Å². The number of nitrogens with two attached hydrogens (primary N) is 1. The number of thioether (sulfide) groups is 1. The van der Waals surface area contributed by atoms with Crippen LogP contribution in [-0.4, -0.2) is 19.8 Å². The van der Waals surface area contributed by atoms with Gasteiger partial charge in [-0.05, 0) is 31.0 Å². The molecular formula is C33H25N5OS. The fourth-order valence-corrected chi connectivity index (χ4v) is 5.85. The van der Waals surface area contributed by atoms with E-state index in [1.807, 2.05) is 111 Å². The van der Waals surface area contributed by atoms with Crippen LogP contribution in [-0.2, 0) is 0 Å². The highest BCUT2D eigenvalue weighted by Crippen LogP contribution is 2.37. The van der Waals surface area contributed by atoms with Crippen molar-refractivity contribution >= 4 is 34.7 Å². The summed E-state index contributed by atoms with van der Waals surface area (Å²) >= 11 is 1.31. The van der Waals surface area contributed by atoms with E-state index in [9.17, 15) is 10.1 Å². The Hall–Kier alpha value is -4.93. The lowest BCUT2D eigenvalue weighted by Crippen LogP contribution is -2.32. The van der Waals surface area contributed by atoms with Gasteiger partial charge >= 0.3 is 0 Å². The summed E-state index contributed by atoms with van der Waals surface area (Å²) in [5, 5.41) is 10.4.